The summed E-state index contributed by atoms with van der Waals surface area (Å²) in [5, 5.41) is 59.3. The number of para-hydroxylation sites is 1. The lowest BCUT2D eigenvalue weighted by Gasteiger charge is -2.28. The van der Waals surface area contributed by atoms with Crippen molar-refractivity contribution in [2.45, 2.75) is 82.1 Å². The number of aliphatic hydroxyl groups is 4. The molecule has 17 nitrogen and oxygen atoms in total. The maximum atomic E-state index is 13.7. The van der Waals surface area contributed by atoms with Crippen LogP contribution in [0.15, 0.2) is 41.8 Å². The monoisotopic (exact) mass is 775 g/mol. The van der Waals surface area contributed by atoms with Gasteiger partial charge in [0.2, 0.25) is 23.6 Å². The number of nitrogens with two attached hydrogens (primary N) is 1. The lowest BCUT2D eigenvalue weighted by atomic mass is 10.00. The van der Waals surface area contributed by atoms with Crippen LogP contribution in [0.2, 0.25) is 0 Å². The molecule has 54 heavy (non-hydrogen) atoms. The molecule has 0 bridgehead atoms. The Labute approximate surface area is 318 Å². The Balaban J connectivity index is 1.25. The van der Waals surface area contributed by atoms with Crippen LogP contribution in [0.1, 0.15) is 56.0 Å². The number of benzene rings is 1. The molecule has 18 heteroatoms. The number of amides is 4. The Bertz CT molecular complexity index is 1580. The predicted octanol–water partition coefficient (Wildman–Crippen LogP) is -1.27. The van der Waals surface area contributed by atoms with Gasteiger partial charge in [-0.25, -0.2) is 0 Å². The Hall–Kier alpha value is -4.17. The number of amidine groups is 1. The first-order valence-corrected chi connectivity index (χ1v) is 18.9. The second-order valence-electron chi connectivity index (χ2n) is 13.8. The Morgan fingerprint density at radius 1 is 1.02 bits per heavy atom. The van der Waals surface area contributed by atoms with Crippen molar-refractivity contribution in [2.24, 2.45) is 11.1 Å². The smallest absolute Gasteiger partial charge is 0.243 e. The van der Waals surface area contributed by atoms with Gasteiger partial charge in [-0.2, -0.15) is 0 Å². The summed E-state index contributed by atoms with van der Waals surface area (Å²) >= 11 is 1.37. The summed E-state index contributed by atoms with van der Waals surface area (Å²) in [6.07, 6.45) is -4.18. The van der Waals surface area contributed by atoms with Gasteiger partial charge in [-0.1, -0.05) is 18.2 Å². The third-order valence-electron chi connectivity index (χ3n) is 9.56. The number of hydrogen-bond donors (Lipinski definition) is 10. The number of hydrogen-bond acceptors (Lipinski definition) is 13. The summed E-state index contributed by atoms with van der Waals surface area (Å²) in [7, 11) is 0. The fourth-order valence-electron chi connectivity index (χ4n) is 6.38. The second-order valence-corrected chi connectivity index (χ2v) is 14.8. The minimum atomic E-state index is -1.59. The summed E-state index contributed by atoms with van der Waals surface area (Å²) in [5.74, 6) is -0.795. The standard InChI is InChI=1S/C36H53N7O10S/c1-21(27-13-23(19-54-27)34(37)38)42-35(51)25-14-36(20-52-12-10-40-30(47)17-39-16-26(45)33(50)32(49)22(2)44)15-28(36)43(25)31(48)18-41-29(46)9-6-11-53-24-7-4-3-5-8-24/h3-5,7-8,13,19,21-22,25-26,28,32-33,39,44-45,49-50H,6,9-12,14-18,20H2,1-2H3,(H3,37,38)(H,40,47)(H,41,46)(H,42,51)/t21?,22?,25-,26?,28-,32?,33?,36+/m0/s1. The molecule has 0 radical (unpaired) electrons. The number of piperidine rings is 1. The number of likely N-dealkylation sites (tertiary alicyclic amines) is 1. The molecule has 5 unspecified atom stereocenters. The average Bonchev–Trinajstić information content (AvgIpc) is 3.45. The Morgan fingerprint density at radius 2 is 1.76 bits per heavy atom. The summed E-state index contributed by atoms with van der Waals surface area (Å²) in [5.41, 5.74) is 5.70. The Kier molecular flexibility index (Phi) is 15.7. The molecule has 2 heterocycles. The molecule has 0 spiro atoms. The van der Waals surface area contributed by atoms with Crippen molar-refractivity contribution in [3.63, 3.8) is 0 Å². The molecule has 2 aliphatic rings. The highest BCUT2D eigenvalue weighted by Crippen LogP contribution is 2.59. The molecule has 1 aromatic carbocycles. The molecule has 2 aromatic rings. The van der Waals surface area contributed by atoms with Crippen molar-refractivity contribution >= 4 is 40.8 Å². The zero-order chi connectivity index (χ0) is 39.4. The van der Waals surface area contributed by atoms with E-state index in [-0.39, 0.29) is 75.4 Å². The summed E-state index contributed by atoms with van der Waals surface area (Å²) in [6, 6.07) is 9.52. The predicted molar refractivity (Wildman–Crippen MR) is 199 cm³/mol. The normalized spacial score (nSPS) is 21.6. The number of nitrogen functional groups attached to an aromatic ring is 1. The molecule has 1 aliphatic heterocycles. The van der Waals surface area contributed by atoms with Gasteiger partial charge in [0.05, 0.1) is 51.2 Å². The minimum Gasteiger partial charge on any atom is -0.494 e. The summed E-state index contributed by atoms with van der Waals surface area (Å²) in [6.45, 7) is 3.36. The van der Waals surface area contributed by atoms with Gasteiger partial charge in [-0.15, -0.1) is 11.3 Å². The van der Waals surface area contributed by atoms with Crippen LogP contribution in [0, 0.1) is 10.8 Å². The van der Waals surface area contributed by atoms with E-state index < -0.39 is 47.8 Å². The number of carbonyl (C=O) groups excluding carboxylic acids is 4. The second kappa shape index (κ2) is 19.9. The first kappa shape index (κ1) is 42.6. The van der Waals surface area contributed by atoms with Crippen LogP contribution in [0.5, 0.6) is 5.75 Å². The van der Waals surface area contributed by atoms with Gasteiger partial charge in [0, 0.05) is 46.8 Å². The molecule has 2 fully saturated rings. The van der Waals surface area contributed by atoms with Crippen LogP contribution >= 0.6 is 11.3 Å². The largest absolute Gasteiger partial charge is 0.494 e. The van der Waals surface area contributed by atoms with Gasteiger partial charge in [0.15, 0.2) is 0 Å². The number of rotatable bonds is 23. The highest BCUT2D eigenvalue weighted by molar-refractivity contribution is 7.10. The number of nitrogens with one attached hydrogen (secondary N) is 5. The van der Waals surface area contributed by atoms with Gasteiger partial charge in [-0.3, -0.25) is 24.6 Å². The quantitative estimate of drug-likeness (QED) is 0.0360. The van der Waals surface area contributed by atoms with Crippen LogP contribution in [0.25, 0.3) is 0 Å². The lowest BCUT2D eigenvalue weighted by Crippen LogP contribution is -2.51. The molecule has 1 saturated heterocycles. The highest BCUT2D eigenvalue weighted by atomic mass is 32.1. The average molecular weight is 776 g/mol. The van der Waals surface area contributed by atoms with Gasteiger partial charge < -0.3 is 61.8 Å². The van der Waals surface area contributed by atoms with E-state index in [2.05, 4.69) is 21.3 Å². The number of ether oxygens (including phenoxy) is 2. The number of fused-ring (bicyclic) bond motifs is 1. The van der Waals surface area contributed by atoms with Gasteiger partial charge in [0.25, 0.3) is 0 Å². The molecular formula is C36H53N7O10S. The third-order valence-corrected chi connectivity index (χ3v) is 10.7. The first-order valence-electron chi connectivity index (χ1n) is 18.0. The van der Waals surface area contributed by atoms with Crippen LogP contribution in [-0.4, -0.2) is 137 Å². The molecule has 298 valence electrons. The first-order chi connectivity index (χ1) is 25.7. The summed E-state index contributed by atoms with van der Waals surface area (Å²) in [4.78, 5) is 54.4. The fourth-order valence-corrected chi connectivity index (χ4v) is 7.30. The molecule has 1 saturated carbocycles. The van der Waals surface area contributed by atoms with Crippen molar-refractivity contribution in [1.29, 1.82) is 5.41 Å². The SMILES string of the molecule is CC(NC(=O)[C@@H]1C[C@]2(COCCNC(=O)CNCC(O)C(O)C(O)C(C)O)C[C@@H]2N1C(=O)CNC(=O)CCCOc1ccccc1)c1cc(C(=N)N)cs1. The molecular weight excluding hydrogens is 723 g/mol. The van der Waals surface area contributed by atoms with Crippen LogP contribution < -0.4 is 31.7 Å². The van der Waals surface area contributed by atoms with Crippen LogP contribution in [0.4, 0.5) is 0 Å². The van der Waals surface area contributed by atoms with E-state index in [9.17, 15) is 39.6 Å². The number of thiophene rings is 1. The minimum absolute atomic E-state index is 0.0743. The Morgan fingerprint density at radius 3 is 2.44 bits per heavy atom. The zero-order valence-corrected chi connectivity index (χ0v) is 31.3. The summed E-state index contributed by atoms with van der Waals surface area (Å²) < 4.78 is 11.5. The van der Waals surface area contributed by atoms with E-state index >= 15 is 0 Å². The van der Waals surface area contributed by atoms with Crippen molar-refractivity contribution in [3.05, 3.63) is 52.2 Å². The maximum absolute atomic E-state index is 13.7. The fraction of sp³-hybridized carbons (Fsp3) is 0.583. The van der Waals surface area contributed by atoms with Crippen LogP contribution in [-0.2, 0) is 23.9 Å². The number of carbonyl (C=O) groups is 4. The van der Waals surface area contributed by atoms with Gasteiger partial charge >= 0.3 is 0 Å². The van der Waals surface area contributed by atoms with Crippen molar-refractivity contribution in [1.82, 2.24) is 26.2 Å². The van der Waals surface area contributed by atoms with E-state index in [0.29, 0.717) is 37.2 Å². The number of nitrogens with zero attached hydrogens (tertiary/aromatic N) is 1. The molecule has 1 aliphatic carbocycles. The van der Waals surface area contributed by atoms with E-state index in [1.807, 2.05) is 37.3 Å². The highest BCUT2D eigenvalue weighted by Gasteiger charge is 2.67. The van der Waals surface area contributed by atoms with Crippen LogP contribution in [0.3, 0.4) is 0 Å². The van der Waals surface area contributed by atoms with E-state index in [0.717, 1.165) is 4.88 Å². The topological polar surface area (TPSA) is 269 Å². The van der Waals surface area contributed by atoms with Crippen molar-refractivity contribution < 1.29 is 49.1 Å². The lowest BCUT2D eigenvalue weighted by molar-refractivity contribution is -0.140. The maximum Gasteiger partial charge on any atom is 0.243 e. The zero-order valence-electron chi connectivity index (χ0n) is 30.5. The van der Waals surface area contributed by atoms with E-state index in [1.54, 1.807) is 16.3 Å². The van der Waals surface area contributed by atoms with Crippen molar-refractivity contribution in [3.8, 4) is 5.75 Å². The van der Waals surface area contributed by atoms with Gasteiger partial charge in [-0.05, 0) is 51.3 Å². The molecule has 1 aromatic heterocycles. The molecule has 4 rings (SSSR count). The van der Waals surface area contributed by atoms with E-state index in [4.69, 9.17) is 20.6 Å². The molecule has 11 N–H and O–H groups in total. The molecule has 4 amide bonds. The van der Waals surface area contributed by atoms with Crippen molar-refractivity contribution in [2.75, 3.05) is 46.0 Å². The number of aliphatic hydroxyl groups excluding tert-OH is 4. The third kappa shape index (κ3) is 11.9. The molecule has 8 atom stereocenters. The van der Waals surface area contributed by atoms with E-state index in [1.165, 1.54) is 18.3 Å². The van der Waals surface area contributed by atoms with Gasteiger partial charge in [0.1, 0.15) is 29.8 Å².